The normalized spacial score (nSPS) is 10.4. The smallest absolute Gasteiger partial charge is 0.337 e. The first-order valence-electron chi connectivity index (χ1n) is 4.81. The number of hydrogen-bond donors (Lipinski definition) is 3. The predicted molar refractivity (Wildman–Crippen MR) is 104 cm³/mol. The lowest BCUT2D eigenvalue weighted by Crippen LogP contribution is -2.30. The van der Waals surface area contributed by atoms with Gasteiger partial charge in [0.2, 0.25) is 0 Å². The number of hydrogen-bond acceptors (Lipinski definition) is 3. The Hall–Kier alpha value is 1.04. The molecule has 0 spiro atoms. The first-order chi connectivity index (χ1) is 8.82. The molecule has 1 amide bonds. The van der Waals surface area contributed by atoms with Gasteiger partial charge in [-0.05, 0) is 90.4 Å². The van der Waals surface area contributed by atoms with Gasteiger partial charge < -0.3 is 15.5 Å². The Morgan fingerprint density at radius 2 is 1.42 bits per heavy atom. The van der Waals surface area contributed by atoms with E-state index in [0.29, 0.717) is 7.14 Å². The van der Waals surface area contributed by atoms with Crippen molar-refractivity contribution in [3.8, 4) is 0 Å². The summed E-state index contributed by atoms with van der Waals surface area (Å²) in [6.07, 6.45) is 0. The van der Waals surface area contributed by atoms with Crippen molar-refractivity contribution in [2.75, 3.05) is 13.2 Å². The summed E-state index contributed by atoms with van der Waals surface area (Å²) in [4.78, 5) is 23.5. The molecule has 0 aliphatic carbocycles. The van der Waals surface area contributed by atoms with E-state index in [2.05, 4.69) is 50.5 Å². The standard InChI is InChI=1S/C10H7I4NO4/c11-5-3(9(17)15-1-2-16)4(10(18)19)6(12)8(14)7(5)13/h16H,1-2H2,(H,15,17)(H,18,19). The largest absolute Gasteiger partial charge is 0.478 e. The van der Waals surface area contributed by atoms with Gasteiger partial charge in [0, 0.05) is 20.8 Å². The van der Waals surface area contributed by atoms with Crippen molar-refractivity contribution >= 4 is 102 Å². The number of rotatable bonds is 4. The molecule has 0 heterocycles. The fourth-order valence-electron chi connectivity index (χ4n) is 1.30. The molecule has 9 heteroatoms. The molecule has 104 valence electrons. The Balaban J connectivity index is 3.52. The van der Waals surface area contributed by atoms with Crippen LogP contribution in [0.1, 0.15) is 20.7 Å². The second-order valence-electron chi connectivity index (χ2n) is 3.29. The van der Waals surface area contributed by atoms with Crippen molar-refractivity contribution in [3.05, 3.63) is 25.4 Å². The first-order valence-corrected chi connectivity index (χ1v) is 9.12. The van der Waals surface area contributed by atoms with Gasteiger partial charge in [-0.1, -0.05) is 0 Å². The third-order valence-corrected chi connectivity index (χ3v) is 9.52. The maximum Gasteiger partial charge on any atom is 0.337 e. The molecule has 5 nitrogen and oxygen atoms in total. The van der Waals surface area contributed by atoms with Crippen molar-refractivity contribution in [3.63, 3.8) is 0 Å². The van der Waals surface area contributed by atoms with Crippen LogP contribution in [0.5, 0.6) is 0 Å². The summed E-state index contributed by atoms with van der Waals surface area (Å²) < 4.78 is 2.82. The zero-order valence-electron chi connectivity index (χ0n) is 9.14. The van der Waals surface area contributed by atoms with Gasteiger partial charge >= 0.3 is 5.97 Å². The lowest BCUT2D eigenvalue weighted by atomic mass is 10.1. The zero-order valence-corrected chi connectivity index (χ0v) is 17.8. The monoisotopic (exact) mass is 713 g/mol. The highest BCUT2D eigenvalue weighted by Gasteiger charge is 2.27. The Morgan fingerprint density at radius 3 is 1.84 bits per heavy atom. The van der Waals surface area contributed by atoms with E-state index in [1.807, 2.05) is 45.2 Å². The molecule has 0 aliphatic heterocycles. The summed E-state index contributed by atoms with van der Waals surface area (Å²) in [6, 6.07) is 0. The number of aliphatic hydroxyl groups is 1. The summed E-state index contributed by atoms with van der Waals surface area (Å²) in [5.74, 6) is -1.62. The summed E-state index contributed by atoms with van der Waals surface area (Å²) in [5, 5.41) is 20.5. The average molecular weight is 713 g/mol. The highest BCUT2D eigenvalue weighted by molar-refractivity contribution is 14.1. The van der Waals surface area contributed by atoms with Gasteiger partial charge in [-0.25, -0.2) is 4.79 Å². The second kappa shape index (κ2) is 7.88. The average Bonchev–Trinajstić information content (AvgIpc) is 2.36. The summed E-state index contributed by atoms with van der Waals surface area (Å²) in [5.41, 5.74) is 0.154. The molecule has 19 heavy (non-hydrogen) atoms. The van der Waals surface area contributed by atoms with Gasteiger partial charge in [-0.15, -0.1) is 0 Å². The minimum atomic E-state index is -1.13. The molecular formula is C10H7I4NO4. The van der Waals surface area contributed by atoms with Crippen LogP contribution in [0, 0.1) is 14.3 Å². The third kappa shape index (κ3) is 4.03. The lowest BCUT2D eigenvalue weighted by Gasteiger charge is -2.14. The molecule has 0 saturated carbocycles. The quantitative estimate of drug-likeness (QED) is 0.255. The van der Waals surface area contributed by atoms with Gasteiger partial charge in [0.25, 0.3) is 5.91 Å². The number of carbonyl (C=O) groups excluding carboxylic acids is 1. The van der Waals surface area contributed by atoms with E-state index in [1.165, 1.54) is 0 Å². The number of nitrogens with one attached hydrogen (secondary N) is 1. The van der Waals surface area contributed by atoms with E-state index in [1.54, 1.807) is 0 Å². The van der Waals surface area contributed by atoms with Gasteiger partial charge in [0.15, 0.2) is 0 Å². The van der Waals surface area contributed by atoms with E-state index in [0.717, 1.165) is 7.14 Å². The van der Waals surface area contributed by atoms with Gasteiger partial charge in [0.05, 0.1) is 17.7 Å². The fourth-order valence-corrected chi connectivity index (χ4v) is 4.97. The summed E-state index contributed by atoms with van der Waals surface area (Å²) in [6.45, 7) is -0.101. The minimum absolute atomic E-state index is 0.00487. The van der Waals surface area contributed by atoms with E-state index in [9.17, 15) is 14.7 Å². The van der Waals surface area contributed by atoms with Crippen molar-refractivity contribution in [1.82, 2.24) is 5.32 Å². The molecule has 0 bridgehead atoms. The van der Waals surface area contributed by atoms with Gasteiger partial charge in [0.1, 0.15) is 0 Å². The van der Waals surface area contributed by atoms with E-state index in [-0.39, 0.29) is 24.3 Å². The second-order valence-corrected chi connectivity index (χ2v) is 7.61. The van der Waals surface area contributed by atoms with Gasteiger partial charge in [-0.3, -0.25) is 4.79 Å². The van der Waals surface area contributed by atoms with Crippen LogP contribution >= 0.6 is 90.4 Å². The Morgan fingerprint density at radius 1 is 0.947 bits per heavy atom. The van der Waals surface area contributed by atoms with Crippen LogP contribution in [0.2, 0.25) is 0 Å². The Labute approximate surface area is 163 Å². The topological polar surface area (TPSA) is 86.6 Å². The Bertz CT molecular complexity index is 547. The number of amides is 1. The SMILES string of the molecule is O=C(O)c1c(I)c(I)c(I)c(I)c1C(=O)NCCO. The highest BCUT2D eigenvalue weighted by atomic mass is 127. The van der Waals surface area contributed by atoms with Crippen LogP contribution in [0.4, 0.5) is 0 Å². The fraction of sp³-hybridized carbons (Fsp3) is 0.200. The number of carbonyl (C=O) groups is 2. The van der Waals surface area contributed by atoms with Crippen LogP contribution < -0.4 is 5.32 Å². The predicted octanol–water partition coefficient (Wildman–Crippen LogP) is 2.53. The lowest BCUT2D eigenvalue weighted by molar-refractivity contribution is 0.0689. The van der Waals surface area contributed by atoms with Crippen LogP contribution in [0.15, 0.2) is 0 Å². The molecule has 0 radical (unpaired) electrons. The first kappa shape index (κ1) is 18.1. The molecule has 1 aromatic carbocycles. The summed E-state index contributed by atoms with van der Waals surface area (Å²) >= 11 is 8.06. The maximum atomic E-state index is 12.1. The molecule has 1 rings (SSSR count). The number of halogens is 4. The van der Waals surface area contributed by atoms with E-state index in [4.69, 9.17) is 5.11 Å². The Kier molecular flexibility index (Phi) is 7.50. The number of benzene rings is 1. The molecule has 1 aromatic rings. The molecule has 0 unspecified atom stereocenters. The molecule has 0 saturated heterocycles. The molecule has 0 fully saturated rings. The number of carboxylic acid groups (broad SMARTS) is 1. The van der Waals surface area contributed by atoms with Crippen molar-refractivity contribution < 1.29 is 19.8 Å². The third-order valence-electron chi connectivity index (χ3n) is 2.11. The van der Waals surface area contributed by atoms with Gasteiger partial charge in [-0.2, -0.15) is 0 Å². The highest BCUT2D eigenvalue weighted by Crippen LogP contribution is 2.32. The molecule has 0 atom stereocenters. The van der Waals surface area contributed by atoms with Crippen LogP contribution in [-0.4, -0.2) is 35.2 Å². The number of carboxylic acids is 1. The minimum Gasteiger partial charge on any atom is -0.478 e. The van der Waals surface area contributed by atoms with Crippen molar-refractivity contribution in [1.29, 1.82) is 0 Å². The van der Waals surface area contributed by atoms with Crippen LogP contribution in [0.25, 0.3) is 0 Å². The summed E-state index contributed by atoms with van der Waals surface area (Å²) in [7, 11) is 0. The number of aliphatic hydroxyl groups excluding tert-OH is 1. The molecular weight excluding hydrogens is 706 g/mol. The van der Waals surface area contributed by atoms with Crippen LogP contribution in [-0.2, 0) is 0 Å². The number of aromatic carboxylic acids is 1. The van der Waals surface area contributed by atoms with Crippen molar-refractivity contribution in [2.45, 2.75) is 0 Å². The molecule has 0 aliphatic rings. The van der Waals surface area contributed by atoms with Crippen molar-refractivity contribution in [2.24, 2.45) is 0 Å². The van der Waals surface area contributed by atoms with Crippen LogP contribution in [0.3, 0.4) is 0 Å². The van der Waals surface area contributed by atoms with E-state index < -0.39 is 11.9 Å². The molecule has 3 N–H and O–H groups in total. The van der Waals surface area contributed by atoms with E-state index >= 15 is 0 Å². The molecule has 0 aromatic heterocycles. The zero-order chi connectivity index (χ0) is 14.7. The maximum absolute atomic E-state index is 12.1.